The molecule has 3 aliphatic rings. The Balaban J connectivity index is 1.25. The van der Waals surface area contributed by atoms with E-state index in [1.165, 1.54) is 0 Å². The summed E-state index contributed by atoms with van der Waals surface area (Å²) in [7, 11) is 1.63. The van der Waals surface area contributed by atoms with E-state index in [1.807, 2.05) is 48.5 Å². The number of ether oxygens (including phenoxy) is 1. The number of nitrogens with zero attached hydrogens (tertiary/aromatic N) is 1. The minimum absolute atomic E-state index is 0.0280. The van der Waals surface area contributed by atoms with Gasteiger partial charge in [-0.15, -0.1) is 0 Å². The van der Waals surface area contributed by atoms with Crippen LogP contribution in [-0.4, -0.2) is 36.1 Å². The molecule has 2 aliphatic heterocycles. The lowest BCUT2D eigenvalue weighted by atomic mass is 9.75. The Morgan fingerprint density at radius 2 is 2.03 bits per heavy atom. The van der Waals surface area contributed by atoms with Gasteiger partial charge in [0.15, 0.2) is 0 Å². The smallest absolute Gasteiger partial charge is 0.226 e. The molecule has 0 radical (unpaired) electrons. The van der Waals surface area contributed by atoms with E-state index in [2.05, 4.69) is 26.6 Å². The molecule has 3 fully saturated rings. The molecular weight excluding hydrogens is 442 g/mol. The number of nitrogens with one attached hydrogen (secondary N) is 4. The molecule has 2 heterocycles. The summed E-state index contributed by atoms with van der Waals surface area (Å²) < 4.78 is 5.26. The first kappa shape index (κ1) is 22.2. The first-order chi connectivity index (χ1) is 16.0. The van der Waals surface area contributed by atoms with Crippen LogP contribution in [0.3, 0.4) is 0 Å². The van der Waals surface area contributed by atoms with Crippen LogP contribution in [-0.2, 0) is 16.1 Å². The Kier molecular flexibility index (Phi) is 6.25. The zero-order chi connectivity index (χ0) is 22.9. The van der Waals surface area contributed by atoms with Crippen molar-refractivity contribution in [2.75, 3.05) is 7.11 Å². The van der Waals surface area contributed by atoms with E-state index >= 15 is 0 Å². The highest BCUT2D eigenvalue weighted by molar-refractivity contribution is 6.30. The molecule has 0 spiro atoms. The number of methoxy groups -OCH3 is 1. The molecule has 0 aromatic heterocycles. The van der Waals surface area contributed by atoms with Crippen molar-refractivity contribution in [2.45, 2.75) is 44.1 Å². The molecule has 2 aromatic carbocycles. The van der Waals surface area contributed by atoms with Gasteiger partial charge >= 0.3 is 0 Å². The van der Waals surface area contributed by atoms with Gasteiger partial charge in [-0.25, -0.2) is 10.4 Å². The summed E-state index contributed by atoms with van der Waals surface area (Å²) in [6, 6.07) is 15.1. The number of rotatable bonds is 5. The highest BCUT2D eigenvalue weighted by atomic mass is 35.5. The SMILES string of the molecule is COc1cccc(CNC(=O)C2CCC3C(=O)NC4C(c5ccc(Cl)cc5)NNN4C3C2)c1. The summed E-state index contributed by atoms with van der Waals surface area (Å²) in [6.07, 6.45) is 1.77. The van der Waals surface area contributed by atoms with E-state index in [1.54, 1.807) is 7.11 Å². The van der Waals surface area contributed by atoms with Crippen LogP contribution in [0, 0.1) is 11.8 Å². The maximum absolute atomic E-state index is 13.0. The Bertz CT molecular complexity index is 1030. The fraction of sp³-hybridized carbons (Fsp3) is 0.417. The number of hydrazine groups is 2. The Labute approximate surface area is 197 Å². The van der Waals surface area contributed by atoms with E-state index < -0.39 is 0 Å². The first-order valence-corrected chi connectivity index (χ1v) is 11.7. The summed E-state index contributed by atoms with van der Waals surface area (Å²) in [4.78, 5) is 25.9. The Morgan fingerprint density at radius 1 is 1.21 bits per heavy atom. The standard InChI is InChI=1S/C24H28ClN5O3/c1-33-18-4-2-3-14(11-18)13-26-23(31)16-7-10-19-20(12-16)30-22(27-24(19)32)21(28-29-30)15-5-8-17(25)9-6-15/h2-6,8-9,11,16,19-22,28-29H,7,10,12-13H2,1H3,(H,26,31)(H,27,32). The van der Waals surface area contributed by atoms with Crippen molar-refractivity contribution < 1.29 is 14.3 Å². The Morgan fingerprint density at radius 3 is 2.82 bits per heavy atom. The second-order valence-electron chi connectivity index (χ2n) is 8.90. The lowest BCUT2D eigenvalue weighted by molar-refractivity contribution is -0.143. The summed E-state index contributed by atoms with van der Waals surface area (Å²) in [5.41, 5.74) is 8.58. The first-order valence-electron chi connectivity index (χ1n) is 11.3. The van der Waals surface area contributed by atoms with Crippen LogP contribution < -0.4 is 26.3 Å². The number of amides is 2. The quantitative estimate of drug-likeness (QED) is 0.536. The molecule has 174 valence electrons. The van der Waals surface area contributed by atoms with Crippen LogP contribution in [0.4, 0.5) is 0 Å². The molecule has 5 unspecified atom stereocenters. The number of carbonyl (C=O) groups is 2. The second kappa shape index (κ2) is 9.30. The van der Waals surface area contributed by atoms with Crippen molar-refractivity contribution >= 4 is 23.4 Å². The molecule has 5 atom stereocenters. The van der Waals surface area contributed by atoms with Gasteiger partial charge in [-0.2, -0.15) is 5.53 Å². The van der Waals surface area contributed by atoms with Gasteiger partial charge in [0.2, 0.25) is 11.8 Å². The van der Waals surface area contributed by atoms with E-state index in [0.29, 0.717) is 30.8 Å². The number of hydrogen-bond acceptors (Lipinski definition) is 6. The van der Waals surface area contributed by atoms with Crippen molar-refractivity contribution in [3.63, 3.8) is 0 Å². The molecule has 0 bridgehead atoms. The number of carbonyl (C=O) groups excluding carboxylic acids is 2. The molecule has 33 heavy (non-hydrogen) atoms. The van der Waals surface area contributed by atoms with Crippen molar-refractivity contribution in [1.82, 2.24) is 26.6 Å². The average Bonchev–Trinajstić information content (AvgIpc) is 3.27. The van der Waals surface area contributed by atoms with Crippen molar-refractivity contribution in [2.24, 2.45) is 11.8 Å². The highest BCUT2D eigenvalue weighted by Gasteiger charge is 2.51. The molecule has 1 saturated carbocycles. The summed E-state index contributed by atoms with van der Waals surface area (Å²) in [5, 5.41) is 8.97. The maximum Gasteiger partial charge on any atom is 0.226 e. The van der Waals surface area contributed by atoms with Crippen molar-refractivity contribution in [3.8, 4) is 5.75 Å². The molecular formula is C24H28ClN5O3. The minimum Gasteiger partial charge on any atom is -0.497 e. The van der Waals surface area contributed by atoms with Gasteiger partial charge in [0.25, 0.3) is 0 Å². The van der Waals surface area contributed by atoms with Gasteiger partial charge in [-0.3, -0.25) is 9.59 Å². The molecule has 2 amide bonds. The molecule has 5 rings (SSSR count). The van der Waals surface area contributed by atoms with E-state index in [-0.39, 0.29) is 41.9 Å². The molecule has 8 nitrogen and oxygen atoms in total. The van der Waals surface area contributed by atoms with Gasteiger partial charge in [0, 0.05) is 23.5 Å². The monoisotopic (exact) mass is 469 g/mol. The largest absolute Gasteiger partial charge is 0.497 e. The highest BCUT2D eigenvalue weighted by Crippen LogP contribution is 2.39. The molecule has 9 heteroatoms. The minimum atomic E-state index is -0.237. The predicted molar refractivity (Wildman–Crippen MR) is 124 cm³/mol. The van der Waals surface area contributed by atoms with Gasteiger partial charge in [0.05, 0.1) is 19.1 Å². The fourth-order valence-corrected chi connectivity index (χ4v) is 5.32. The Hall–Kier alpha value is -2.65. The molecule has 2 aromatic rings. The third-order valence-corrected chi connectivity index (χ3v) is 7.22. The molecule has 2 saturated heterocycles. The van der Waals surface area contributed by atoms with Crippen molar-refractivity contribution in [3.05, 3.63) is 64.7 Å². The predicted octanol–water partition coefficient (Wildman–Crippen LogP) is 2.27. The molecule has 1 aliphatic carbocycles. The topological polar surface area (TPSA) is 94.7 Å². The number of fused-ring (bicyclic) bond motifs is 3. The fourth-order valence-electron chi connectivity index (χ4n) is 5.20. The summed E-state index contributed by atoms with van der Waals surface area (Å²) >= 11 is 6.04. The summed E-state index contributed by atoms with van der Waals surface area (Å²) in [5.74, 6) is 0.576. The third kappa shape index (κ3) is 4.44. The van der Waals surface area contributed by atoms with Crippen molar-refractivity contribution in [1.29, 1.82) is 0 Å². The van der Waals surface area contributed by atoms with E-state index in [0.717, 1.165) is 16.9 Å². The van der Waals surface area contributed by atoms with Crippen LogP contribution in [0.1, 0.15) is 36.4 Å². The number of halogens is 1. The average molecular weight is 470 g/mol. The van der Waals surface area contributed by atoms with Crippen LogP contribution in [0.15, 0.2) is 48.5 Å². The van der Waals surface area contributed by atoms with Crippen LogP contribution >= 0.6 is 11.6 Å². The lowest BCUT2D eigenvalue weighted by Crippen LogP contribution is -2.65. The summed E-state index contributed by atoms with van der Waals surface area (Å²) in [6.45, 7) is 0.450. The normalized spacial score (nSPS) is 29.0. The van der Waals surface area contributed by atoms with Gasteiger partial charge < -0.3 is 15.4 Å². The zero-order valence-electron chi connectivity index (χ0n) is 18.4. The van der Waals surface area contributed by atoms with E-state index in [4.69, 9.17) is 16.3 Å². The third-order valence-electron chi connectivity index (χ3n) is 6.97. The van der Waals surface area contributed by atoms with Gasteiger partial charge in [-0.05, 0) is 54.7 Å². The van der Waals surface area contributed by atoms with Crippen LogP contribution in [0.5, 0.6) is 5.75 Å². The number of hydrogen-bond donors (Lipinski definition) is 4. The van der Waals surface area contributed by atoms with Crippen LogP contribution in [0.25, 0.3) is 0 Å². The zero-order valence-corrected chi connectivity index (χ0v) is 19.1. The number of benzene rings is 2. The lowest BCUT2D eigenvalue weighted by Gasteiger charge is -2.46. The van der Waals surface area contributed by atoms with E-state index in [9.17, 15) is 9.59 Å². The van der Waals surface area contributed by atoms with Crippen LogP contribution in [0.2, 0.25) is 5.02 Å². The van der Waals surface area contributed by atoms with Gasteiger partial charge in [-0.1, -0.05) is 35.9 Å². The second-order valence-corrected chi connectivity index (χ2v) is 9.34. The van der Waals surface area contributed by atoms with Gasteiger partial charge in [0.1, 0.15) is 11.9 Å². The maximum atomic E-state index is 13.0. The molecule has 4 N–H and O–H groups in total.